The molecule has 0 bridgehead atoms. The quantitative estimate of drug-likeness (QED) is 0.369. The van der Waals surface area contributed by atoms with Gasteiger partial charge in [0.1, 0.15) is 0 Å². The minimum atomic E-state index is -0.100. The highest BCUT2D eigenvalue weighted by molar-refractivity contribution is 7.99. The van der Waals surface area contributed by atoms with Gasteiger partial charge in [0.15, 0.2) is 11.0 Å². The second-order valence-corrected chi connectivity index (χ2v) is 8.02. The minimum absolute atomic E-state index is 0.100. The summed E-state index contributed by atoms with van der Waals surface area (Å²) in [4.78, 5) is 17.0. The number of pyridine rings is 1. The lowest BCUT2D eigenvalue weighted by molar-refractivity contribution is -0.113. The molecule has 0 aliphatic rings. The summed E-state index contributed by atoms with van der Waals surface area (Å²) in [7, 11) is 0. The van der Waals surface area contributed by atoms with Gasteiger partial charge in [-0.1, -0.05) is 66.4 Å². The van der Waals surface area contributed by atoms with E-state index < -0.39 is 0 Å². The zero-order valence-corrected chi connectivity index (χ0v) is 17.9. The van der Waals surface area contributed by atoms with Crippen molar-refractivity contribution in [1.82, 2.24) is 19.7 Å². The van der Waals surface area contributed by atoms with E-state index >= 15 is 0 Å². The van der Waals surface area contributed by atoms with E-state index in [0.717, 1.165) is 27.7 Å². The highest BCUT2D eigenvalue weighted by atomic mass is 32.2. The van der Waals surface area contributed by atoms with E-state index in [9.17, 15) is 4.79 Å². The number of carbonyl (C=O) groups is 1. The molecule has 0 aliphatic carbocycles. The summed E-state index contributed by atoms with van der Waals surface area (Å²) in [5.74, 6) is 0.791. The van der Waals surface area contributed by atoms with Gasteiger partial charge < -0.3 is 5.32 Å². The Balaban J connectivity index is 1.40. The molecule has 156 valence electrons. The van der Waals surface area contributed by atoms with E-state index in [4.69, 9.17) is 0 Å². The summed E-state index contributed by atoms with van der Waals surface area (Å²) in [6.45, 7) is 0. The largest absolute Gasteiger partial charge is 0.325 e. The number of nitrogens with one attached hydrogen (secondary N) is 1. The molecule has 1 amide bonds. The molecule has 5 rings (SSSR count). The molecule has 0 saturated carbocycles. The van der Waals surface area contributed by atoms with Crippen molar-refractivity contribution in [3.63, 3.8) is 0 Å². The molecule has 0 fully saturated rings. The zero-order chi connectivity index (χ0) is 21.8. The van der Waals surface area contributed by atoms with Crippen molar-refractivity contribution < 1.29 is 4.79 Å². The molecular weight excluding hydrogens is 418 g/mol. The molecular formula is C25H19N5OS. The molecule has 0 spiro atoms. The topological polar surface area (TPSA) is 72.7 Å². The van der Waals surface area contributed by atoms with E-state index in [1.807, 2.05) is 89.5 Å². The van der Waals surface area contributed by atoms with Crippen LogP contribution in [-0.2, 0) is 4.79 Å². The Kier molecular flexibility index (Phi) is 5.63. The molecule has 0 aliphatic heterocycles. The van der Waals surface area contributed by atoms with Crippen molar-refractivity contribution in [2.24, 2.45) is 0 Å². The third kappa shape index (κ3) is 4.10. The molecule has 3 aromatic carbocycles. The molecule has 2 heterocycles. The Hall–Kier alpha value is -3.97. The van der Waals surface area contributed by atoms with E-state index in [1.54, 1.807) is 12.4 Å². The smallest absolute Gasteiger partial charge is 0.234 e. The summed E-state index contributed by atoms with van der Waals surface area (Å²) in [5.41, 5.74) is 2.58. The molecule has 0 unspecified atom stereocenters. The van der Waals surface area contributed by atoms with Gasteiger partial charge in [-0.25, -0.2) is 0 Å². The Morgan fingerprint density at radius 2 is 1.69 bits per heavy atom. The molecule has 0 atom stereocenters. The lowest BCUT2D eigenvalue weighted by Gasteiger charge is -2.11. The predicted molar refractivity (Wildman–Crippen MR) is 128 cm³/mol. The summed E-state index contributed by atoms with van der Waals surface area (Å²) in [6.07, 6.45) is 3.48. The first kappa shape index (κ1) is 20.0. The van der Waals surface area contributed by atoms with Crippen molar-refractivity contribution in [2.75, 3.05) is 11.1 Å². The van der Waals surface area contributed by atoms with Crippen LogP contribution < -0.4 is 5.32 Å². The summed E-state index contributed by atoms with van der Waals surface area (Å²) >= 11 is 1.35. The zero-order valence-electron chi connectivity index (χ0n) is 17.1. The average molecular weight is 438 g/mol. The highest BCUT2D eigenvalue weighted by Gasteiger charge is 2.17. The van der Waals surface area contributed by atoms with Crippen LogP contribution in [0.15, 0.2) is 102 Å². The first-order valence-electron chi connectivity index (χ1n) is 10.1. The summed E-state index contributed by atoms with van der Waals surface area (Å²) in [5, 5.41) is 14.5. The number of anilines is 1. The van der Waals surface area contributed by atoms with Crippen molar-refractivity contribution >= 4 is 34.1 Å². The Morgan fingerprint density at radius 3 is 2.53 bits per heavy atom. The fourth-order valence-corrected chi connectivity index (χ4v) is 4.26. The molecule has 6 nitrogen and oxygen atoms in total. The SMILES string of the molecule is O=C(CSc1nnc(-c2cccnc2)n1-c1ccccc1)Nc1cccc2ccccc12. The lowest BCUT2D eigenvalue weighted by atomic mass is 10.1. The lowest BCUT2D eigenvalue weighted by Crippen LogP contribution is -2.14. The number of hydrogen-bond donors (Lipinski definition) is 1. The van der Waals surface area contributed by atoms with Gasteiger partial charge >= 0.3 is 0 Å². The fraction of sp³-hybridized carbons (Fsp3) is 0.0400. The molecule has 0 saturated heterocycles. The van der Waals surface area contributed by atoms with Crippen LogP contribution >= 0.6 is 11.8 Å². The first-order valence-corrected chi connectivity index (χ1v) is 11.1. The molecule has 2 aromatic heterocycles. The number of amides is 1. The summed E-state index contributed by atoms with van der Waals surface area (Å²) in [6, 6.07) is 27.5. The maximum Gasteiger partial charge on any atom is 0.234 e. The van der Waals surface area contributed by atoms with Crippen LogP contribution in [0.25, 0.3) is 27.8 Å². The van der Waals surface area contributed by atoms with E-state index in [-0.39, 0.29) is 11.7 Å². The monoisotopic (exact) mass is 437 g/mol. The van der Waals surface area contributed by atoms with E-state index in [0.29, 0.717) is 11.0 Å². The number of rotatable bonds is 6. The van der Waals surface area contributed by atoms with Crippen molar-refractivity contribution in [3.8, 4) is 17.1 Å². The highest BCUT2D eigenvalue weighted by Crippen LogP contribution is 2.28. The summed E-state index contributed by atoms with van der Waals surface area (Å²) < 4.78 is 1.95. The number of nitrogens with zero attached hydrogens (tertiary/aromatic N) is 4. The van der Waals surface area contributed by atoms with Gasteiger partial charge in [0.25, 0.3) is 0 Å². The number of thioether (sulfide) groups is 1. The van der Waals surface area contributed by atoms with Crippen LogP contribution in [0, 0.1) is 0 Å². The third-order valence-corrected chi connectivity index (χ3v) is 5.89. The van der Waals surface area contributed by atoms with Gasteiger partial charge in [-0.15, -0.1) is 10.2 Å². The van der Waals surface area contributed by atoms with Crippen LogP contribution in [-0.4, -0.2) is 31.4 Å². The molecule has 1 N–H and O–H groups in total. The van der Waals surface area contributed by atoms with Gasteiger partial charge in [0.2, 0.25) is 5.91 Å². The number of hydrogen-bond acceptors (Lipinski definition) is 5. The number of carbonyl (C=O) groups excluding carboxylic acids is 1. The maximum atomic E-state index is 12.8. The van der Waals surface area contributed by atoms with Crippen molar-refractivity contribution in [2.45, 2.75) is 5.16 Å². The van der Waals surface area contributed by atoms with Crippen LogP contribution in [0.1, 0.15) is 0 Å². The van der Waals surface area contributed by atoms with E-state index in [2.05, 4.69) is 20.5 Å². The Bertz CT molecular complexity index is 1360. The predicted octanol–water partition coefficient (Wildman–Crippen LogP) is 5.21. The number of fused-ring (bicyclic) bond motifs is 1. The van der Waals surface area contributed by atoms with Gasteiger partial charge in [0, 0.05) is 34.7 Å². The van der Waals surface area contributed by atoms with Crippen molar-refractivity contribution in [1.29, 1.82) is 0 Å². The number of para-hydroxylation sites is 1. The van der Waals surface area contributed by atoms with E-state index in [1.165, 1.54) is 11.8 Å². The standard InChI is InChI=1S/C25H19N5OS/c31-23(27-22-14-6-9-18-8-4-5-13-21(18)22)17-32-25-29-28-24(19-10-7-15-26-16-19)30(25)20-11-2-1-3-12-20/h1-16H,17H2,(H,27,31). The maximum absolute atomic E-state index is 12.8. The Morgan fingerprint density at radius 1 is 0.875 bits per heavy atom. The first-order chi connectivity index (χ1) is 15.8. The van der Waals surface area contributed by atoms with Crippen LogP contribution in [0.5, 0.6) is 0 Å². The van der Waals surface area contributed by atoms with Crippen LogP contribution in [0.2, 0.25) is 0 Å². The van der Waals surface area contributed by atoms with Crippen molar-refractivity contribution in [3.05, 3.63) is 97.3 Å². The normalized spacial score (nSPS) is 10.9. The van der Waals surface area contributed by atoms with Gasteiger partial charge in [-0.3, -0.25) is 14.3 Å². The fourth-order valence-electron chi connectivity index (χ4n) is 3.51. The molecule has 7 heteroatoms. The van der Waals surface area contributed by atoms with Crippen LogP contribution in [0.3, 0.4) is 0 Å². The second kappa shape index (κ2) is 9.03. The minimum Gasteiger partial charge on any atom is -0.325 e. The average Bonchev–Trinajstić information content (AvgIpc) is 3.28. The third-order valence-electron chi connectivity index (χ3n) is 4.96. The van der Waals surface area contributed by atoms with Gasteiger partial charge in [-0.05, 0) is 35.7 Å². The van der Waals surface area contributed by atoms with Gasteiger partial charge in [-0.2, -0.15) is 0 Å². The molecule has 32 heavy (non-hydrogen) atoms. The van der Waals surface area contributed by atoms with Gasteiger partial charge in [0.05, 0.1) is 5.75 Å². The Labute approximate surface area is 189 Å². The number of aromatic nitrogens is 4. The second-order valence-electron chi connectivity index (χ2n) is 7.08. The molecule has 5 aromatic rings. The van der Waals surface area contributed by atoms with Crippen LogP contribution in [0.4, 0.5) is 5.69 Å². The number of benzene rings is 3. The molecule has 0 radical (unpaired) electrons.